The molecule has 4 rings (SSSR count). The number of aliphatic hydroxyl groups is 1. The summed E-state index contributed by atoms with van der Waals surface area (Å²) in [5.74, 6) is -0.440. The fraction of sp³-hybridized carbons (Fsp3) is 0.231. The molecule has 0 fully saturated rings. The Bertz CT molecular complexity index is 1240. The monoisotopic (exact) mass is 449 g/mol. The van der Waals surface area contributed by atoms with E-state index in [4.69, 9.17) is 13.0 Å². The summed E-state index contributed by atoms with van der Waals surface area (Å²) in [7, 11) is 0. The second kappa shape index (κ2) is 9.15. The minimum Gasteiger partial charge on any atom is -0.388 e. The molecule has 1 unspecified atom stereocenters. The van der Waals surface area contributed by atoms with Gasteiger partial charge in [-0.1, -0.05) is 29.8 Å². The van der Waals surface area contributed by atoms with Gasteiger partial charge >= 0.3 is 0 Å². The molecule has 0 spiro atoms. The van der Waals surface area contributed by atoms with Crippen molar-refractivity contribution in [1.29, 1.82) is 0 Å². The molecule has 6 heteroatoms. The number of carbonyl (C=O) groups is 2. The van der Waals surface area contributed by atoms with Crippen molar-refractivity contribution in [2.45, 2.75) is 32.8 Å². The summed E-state index contributed by atoms with van der Waals surface area (Å²) in [6.07, 6.45) is -1.14. The number of aryl methyl sites for hydroxylation is 2. The van der Waals surface area contributed by atoms with Gasteiger partial charge in [-0.3, -0.25) is 9.59 Å². The van der Waals surface area contributed by atoms with E-state index in [0.29, 0.717) is 51.6 Å². The summed E-state index contributed by atoms with van der Waals surface area (Å²) < 4.78 is 8.32. The van der Waals surface area contributed by atoms with E-state index in [-0.39, 0.29) is 18.2 Å². The summed E-state index contributed by atoms with van der Waals surface area (Å²) in [4.78, 5) is 27.7. The summed E-state index contributed by atoms with van der Waals surface area (Å²) in [5.41, 5.74) is 4.08. The molecule has 0 saturated heterocycles. The smallest absolute Gasteiger partial charge is 0.258 e. The Morgan fingerprint density at radius 3 is 2.59 bits per heavy atom. The number of halogens is 1. The Morgan fingerprint density at radius 1 is 1.06 bits per heavy atom. The van der Waals surface area contributed by atoms with Gasteiger partial charge in [0, 0.05) is 39.6 Å². The van der Waals surface area contributed by atoms with E-state index in [1.165, 1.54) is 0 Å². The van der Waals surface area contributed by atoms with Gasteiger partial charge in [0.1, 0.15) is 0 Å². The van der Waals surface area contributed by atoms with E-state index in [1.54, 1.807) is 47.4 Å². The van der Waals surface area contributed by atoms with E-state index in [2.05, 4.69) is 5.32 Å². The Hall–Kier alpha value is -3.15. The first-order valence-corrected chi connectivity index (χ1v) is 10.9. The average Bonchev–Trinajstić information content (AvgIpc) is 2.89. The van der Waals surface area contributed by atoms with Crippen LogP contribution in [-0.2, 0) is 0 Å². The average molecular weight is 450 g/mol. The van der Waals surface area contributed by atoms with Crippen LogP contribution >= 0.6 is 11.6 Å². The highest BCUT2D eigenvalue weighted by Crippen LogP contribution is 2.36. The van der Waals surface area contributed by atoms with Crippen molar-refractivity contribution in [2.24, 2.45) is 0 Å². The predicted octanol–water partition coefficient (Wildman–Crippen LogP) is 5.68. The van der Waals surface area contributed by atoms with Crippen LogP contribution in [0.25, 0.3) is 0 Å². The molecule has 1 heterocycles. The first-order valence-electron chi connectivity index (χ1n) is 11.0. The molecule has 3 aromatic rings. The molecular weight excluding hydrogens is 424 g/mol. The highest BCUT2D eigenvalue weighted by molar-refractivity contribution is 6.30. The largest absolute Gasteiger partial charge is 0.388 e. The van der Waals surface area contributed by atoms with Crippen LogP contribution in [0.5, 0.6) is 0 Å². The number of amides is 2. The van der Waals surface area contributed by atoms with Gasteiger partial charge in [0.25, 0.3) is 11.8 Å². The zero-order chi connectivity index (χ0) is 23.8. The molecular formula is C26H25ClN2O3. The number of benzene rings is 3. The molecule has 3 aromatic carbocycles. The number of anilines is 2. The Morgan fingerprint density at radius 2 is 1.84 bits per heavy atom. The van der Waals surface area contributed by atoms with E-state index in [9.17, 15) is 14.7 Å². The first kappa shape index (κ1) is 20.7. The third-order valence-corrected chi connectivity index (χ3v) is 5.94. The molecule has 0 aliphatic carbocycles. The van der Waals surface area contributed by atoms with E-state index < -0.39 is 6.08 Å². The molecule has 164 valence electrons. The maximum Gasteiger partial charge on any atom is 0.258 e. The van der Waals surface area contributed by atoms with Crippen LogP contribution < -0.4 is 10.2 Å². The lowest BCUT2D eigenvalue weighted by Gasteiger charge is -2.24. The van der Waals surface area contributed by atoms with Crippen LogP contribution in [0.1, 0.15) is 57.7 Å². The minimum absolute atomic E-state index is 0.201. The van der Waals surface area contributed by atoms with Crippen LogP contribution in [0.2, 0.25) is 5.02 Å². The first-order chi connectivity index (χ1) is 15.7. The Kier molecular flexibility index (Phi) is 5.93. The normalized spacial score (nSPS) is 18.4. The van der Waals surface area contributed by atoms with Gasteiger partial charge in [-0.15, -0.1) is 0 Å². The highest BCUT2D eigenvalue weighted by Gasteiger charge is 2.27. The molecule has 5 nitrogen and oxygen atoms in total. The van der Waals surface area contributed by atoms with Crippen molar-refractivity contribution in [2.75, 3.05) is 16.8 Å². The van der Waals surface area contributed by atoms with Gasteiger partial charge < -0.3 is 15.3 Å². The summed E-state index contributed by atoms with van der Waals surface area (Å²) >= 11 is 6.11. The predicted molar refractivity (Wildman–Crippen MR) is 128 cm³/mol. The maximum atomic E-state index is 13.5. The number of fused-ring (bicyclic) bond motifs is 1. The number of nitrogens with zero attached hydrogens (tertiary/aromatic N) is 1. The Balaban J connectivity index is 1.62. The molecule has 0 radical (unpaired) electrons. The lowest BCUT2D eigenvalue weighted by molar-refractivity contribution is 0.0985. The lowest BCUT2D eigenvalue weighted by atomic mass is 10.0. The van der Waals surface area contributed by atoms with E-state index in [1.807, 2.05) is 32.0 Å². The Labute approximate surface area is 194 Å². The second-order valence-corrected chi connectivity index (χ2v) is 8.40. The number of hydrogen-bond donors (Lipinski definition) is 2. The minimum atomic E-state index is -1.81. The maximum absolute atomic E-state index is 13.5. The quantitative estimate of drug-likeness (QED) is 0.540. The number of hydrogen-bond acceptors (Lipinski definition) is 3. The molecule has 0 bridgehead atoms. The van der Waals surface area contributed by atoms with Crippen LogP contribution in [0.3, 0.4) is 0 Å². The summed E-state index contributed by atoms with van der Waals surface area (Å²) in [5, 5.41) is 13.9. The third-order valence-electron chi connectivity index (χ3n) is 5.71. The standard InChI is InChI=1S/C26H25ClN2O3/c1-16-6-3-4-7-20(16)25(31)28-19-10-11-21(17(2)14-19)26(32)29-13-5-8-24(30)22-15-18(27)9-12-23(22)29/h3-4,6-7,9-12,14-15,24,30H,5,8,13H2,1-2H3,(H,28,31)/i24D. The SMILES string of the molecule is [2H]C1(O)CCCN(C(=O)c2ccc(NC(=O)c3ccccc3C)cc2C)c2ccc(Cl)cc21. The van der Waals surface area contributed by atoms with Crippen LogP contribution in [0.4, 0.5) is 11.4 Å². The van der Waals surface area contributed by atoms with Gasteiger partial charge in [0.2, 0.25) is 0 Å². The summed E-state index contributed by atoms with van der Waals surface area (Å²) in [6.45, 7) is 4.07. The van der Waals surface area contributed by atoms with Crippen molar-refractivity contribution in [3.8, 4) is 0 Å². The van der Waals surface area contributed by atoms with Crippen molar-refractivity contribution < 1.29 is 16.1 Å². The van der Waals surface area contributed by atoms with Crippen molar-refractivity contribution >= 4 is 34.8 Å². The van der Waals surface area contributed by atoms with Crippen molar-refractivity contribution in [3.05, 3.63) is 93.5 Å². The molecule has 32 heavy (non-hydrogen) atoms. The van der Waals surface area contributed by atoms with Crippen molar-refractivity contribution in [3.63, 3.8) is 0 Å². The summed E-state index contributed by atoms with van der Waals surface area (Å²) in [6, 6.07) is 17.4. The molecule has 1 atom stereocenters. The van der Waals surface area contributed by atoms with Crippen LogP contribution in [-0.4, -0.2) is 23.5 Å². The third kappa shape index (κ3) is 4.40. The van der Waals surface area contributed by atoms with Crippen LogP contribution in [0, 0.1) is 13.8 Å². The molecule has 2 N–H and O–H groups in total. The topological polar surface area (TPSA) is 69.6 Å². The number of nitrogens with one attached hydrogen (secondary N) is 1. The second-order valence-electron chi connectivity index (χ2n) is 7.97. The van der Waals surface area contributed by atoms with Gasteiger partial charge in [0.05, 0.1) is 7.45 Å². The number of rotatable bonds is 3. The van der Waals surface area contributed by atoms with Gasteiger partial charge in [-0.25, -0.2) is 0 Å². The molecule has 0 aromatic heterocycles. The fourth-order valence-corrected chi connectivity index (χ4v) is 4.17. The van der Waals surface area contributed by atoms with Gasteiger partial charge in [-0.05, 0) is 80.3 Å². The zero-order valence-electron chi connectivity index (χ0n) is 19.0. The van der Waals surface area contributed by atoms with E-state index >= 15 is 0 Å². The molecule has 0 saturated carbocycles. The van der Waals surface area contributed by atoms with E-state index in [0.717, 1.165) is 5.56 Å². The van der Waals surface area contributed by atoms with Crippen LogP contribution in [0.15, 0.2) is 60.7 Å². The molecule has 1 aliphatic heterocycles. The number of carbonyl (C=O) groups excluding carboxylic acids is 2. The zero-order valence-corrected chi connectivity index (χ0v) is 18.7. The highest BCUT2D eigenvalue weighted by atomic mass is 35.5. The molecule has 1 aliphatic rings. The van der Waals surface area contributed by atoms with Crippen molar-refractivity contribution in [1.82, 2.24) is 0 Å². The molecule has 2 amide bonds. The fourth-order valence-electron chi connectivity index (χ4n) is 4.00. The lowest BCUT2D eigenvalue weighted by Crippen LogP contribution is -2.32. The van der Waals surface area contributed by atoms with Gasteiger partial charge in [-0.2, -0.15) is 0 Å². The van der Waals surface area contributed by atoms with Gasteiger partial charge in [0.15, 0.2) is 0 Å².